The van der Waals surface area contributed by atoms with E-state index in [2.05, 4.69) is 14.9 Å². The molecule has 3 aliphatic rings. The Bertz CT molecular complexity index is 446. The Morgan fingerprint density at radius 1 is 1.41 bits per heavy atom. The number of aromatic nitrogens is 3. The Kier molecular flexibility index (Phi) is 2.00. The van der Waals surface area contributed by atoms with Crippen LogP contribution in [0.2, 0.25) is 0 Å². The van der Waals surface area contributed by atoms with Gasteiger partial charge in [-0.1, -0.05) is 0 Å². The third-order valence-electron chi connectivity index (χ3n) is 4.28. The minimum atomic E-state index is -1.25. The molecule has 1 aromatic rings. The molecule has 3 fully saturated rings. The summed E-state index contributed by atoms with van der Waals surface area (Å²) in [6.45, 7) is 1.81. The predicted molar refractivity (Wildman–Crippen MR) is 63.7 cm³/mol. The molecule has 1 aromatic heterocycles. The number of halogens is 1. The first kappa shape index (κ1) is 10.4. The SMILES string of the molecule is Cn1cnnc1C1(F)CCN(P2C3C[C@@H]32)CC1. The zero-order valence-electron chi connectivity index (χ0n) is 9.88. The number of hydrogen-bond donors (Lipinski definition) is 0. The van der Waals surface area contributed by atoms with Crippen molar-refractivity contribution in [2.45, 2.75) is 36.2 Å². The van der Waals surface area contributed by atoms with Crippen molar-refractivity contribution in [3.05, 3.63) is 12.2 Å². The average Bonchev–Trinajstić information content (AvgIpc) is 3.16. The fraction of sp³-hybridized carbons (Fsp3) is 0.818. The molecule has 0 aromatic carbocycles. The van der Waals surface area contributed by atoms with E-state index in [9.17, 15) is 4.39 Å². The largest absolute Gasteiger partial charge is 0.318 e. The van der Waals surface area contributed by atoms with Crippen molar-refractivity contribution in [1.82, 2.24) is 19.4 Å². The van der Waals surface area contributed by atoms with Gasteiger partial charge in [-0.25, -0.2) is 4.39 Å². The summed E-state index contributed by atoms with van der Waals surface area (Å²) >= 11 is 0. The number of fused-ring (bicyclic) bond motifs is 1. The zero-order chi connectivity index (χ0) is 11.6. The highest BCUT2D eigenvalue weighted by Crippen LogP contribution is 2.84. The second-order valence-electron chi connectivity index (χ2n) is 5.43. The van der Waals surface area contributed by atoms with Crippen molar-refractivity contribution in [1.29, 1.82) is 0 Å². The number of piperidine rings is 1. The lowest BCUT2D eigenvalue weighted by Gasteiger charge is -2.36. The van der Waals surface area contributed by atoms with Crippen LogP contribution < -0.4 is 0 Å². The number of alkyl halides is 1. The Morgan fingerprint density at radius 3 is 2.59 bits per heavy atom. The summed E-state index contributed by atoms with van der Waals surface area (Å²) in [5.41, 5.74) is 0.816. The Balaban J connectivity index is 1.48. The Labute approximate surface area is 101 Å². The summed E-state index contributed by atoms with van der Waals surface area (Å²) in [6.07, 6.45) is 4.20. The molecule has 1 aliphatic carbocycles. The molecule has 4 rings (SSSR count). The highest BCUT2D eigenvalue weighted by atomic mass is 31.1. The third-order valence-corrected chi connectivity index (χ3v) is 7.49. The van der Waals surface area contributed by atoms with Gasteiger partial charge in [-0.2, -0.15) is 0 Å². The van der Waals surface area contributed by atoms with Gasteiger partial charge in [-0.15, -0.1) is 10.2 Å². The minimum absolute atomic E-state index is 0.185. The molecular weight excluding hydrogens is 238 g/mol. The summed E-state index contributed by atoms with van der Waals surface area (Å²) in [4.78, 5) is 0. The maximum Gasteiger partial charge on any atom is 0.172 e. The van der Waals surface area contributed by atoms with Gasteiger partial charge in [0.05, 0.1) is 0 Å². The topological polar surface area (TPSA) is 34.0 Å². The van der Waals surface area contributed by atoms with Crippen LogP contribution in [0.4, 0.5) is 4.39 Å². The minimum Gasteiger partial charge on any atom is -0.318 e. The smallest absolute Gasteiger partial charge is 0.172 e. The van der Waals surface area contributed by atoms with Crippen LogP contribution in [0.1, 0.15) is 25.1 Å². The normalized spacial score (nSPS) is 38.8. The Hall–Kier alpha value is -0.540. The first-order valence-electron chi connectivity index (χ1n) is 6.26. The van der Waals surface area contributed by atoms with E-state index in [1.54, 1.807) is 10.9 Å². The van der Waals surface area contributed by atoms with Crippen LogP contribution in [-0.4, -0.2) is 43.8 Å². The van der Waals surface area contributed by atoms with Crippen molar-refractivity contribution in [3.63, 3.8) is 0 Å². The molecule has 0 bridgehead atoms. The predicted octanol–water partition coefficient (Wildman–Crippen LogP) is 1.63. The van der Waals surface area contributed by atoms with E-state index in [-0.39, 0.29) is 8.07 Å². The molecule has 0 spiro atoms. The molecule has 2 aliphatic heterocycles. The van der Waals surface area contributed by atoms with Crippen molar-refractivity contribution >= 4 is 8.07 Å². The summed E-state index contributed by atoms with van der Waals surface area (Å²) < 4.78 is 19.1. The molecule has 1 saturated carbocycles. The number of aryl methyl sites for hydroxylation is 1. The van der Waals surface area contributed by atoms with E-state index in [1.807, 2.05) is 7.05 Å². The summed E-state index contributed by atoms with van der Waals surface area (Å²) in [5.74, 6) is 0.505. The van der Waals surface area contributed by atoms with Crippen LogP contribution in [0.15, 0.2) is 6.33 Å². The van der Waals surface area contributed by atoms with E-state index < -0.39 is 5.67 Å². The van der Waals surface area contributed by atoms with E-state index >= 15 is 0 Å². The van der Waals surface area contributed by atoms with Crippen LogP contribution in [0.25, 0.3) is 0 Å². The van der Waals surface area contributed by atoms with Gasteiger partial charge >= 0.3 is 0 Å². The molecule has 0 amide bonds. The van der Waals surface area contributed by atoms with Gasteiger partial charge in [-0.05, 0) is 14.5 Å². The second-order valence-corrected chi connectivity index (χ2v) is 8.09. The highest BCUT2D eigenvalue weighted by Gasteiger charge is 2.67. The summed E-state index contributed by atoms with van der Waals surface area (Å²) in [5, 5.41) is 7.74. The molecule has 2 unspecified atom stereocenters. The molecule has 0 radical (unpaired) electrons. The first-order chi connectivity index (χ1) is 8.19. The molecule has 0 N–H and O–H groups in total. The Morgan fingerprint density at radius 2 is 2.12 bits per heavy atom. The van der Waals surface area contributed by atoms with Gasteiger partial charge in [0.25, 0.3) is 0 Å². The van der Waals surface area contributed by atoms with Crippen LogP contribution in [-0.2, 0) is 12.7 Å². The zero-order valence-corrected chi connectivity index (χ0v) is 10.8. The molecule has 4 nitrogen and oxygen atoms in total. The fourth-order valence-electron chi connectivity index (χ4n) is 2.98. The highest BCUT2D eigenvalue weighted by molar-refractivity contribution is 7.67. The molecule has 17 heavy (non-hydrogen) atoms. The van der Waals surface area contributed by atoms with Crippen molar-refractivity contribution in [2.75, 3.05) is 13.1 Å². The van der Waals surface area contributed by atoms with Gasteiger partial charge in [0.1, 0.15) is 6.33 Å². The third kappa shape index (κ3) is 1.48. The lowest BCUT2D eigenvalue weighted by molar-refractivity contribution is 0.0758. The van der Waals surface area contributed by atoms with Crippen molar-refractivity contribution in [2.24, 2.45) is 7.05 Å². The van der Waals surface area contributed by atoms with Crippen LogP contribution in [0.3, 0.4) is 0 Å². The van der Waals surface area contributed by atoms with Gasteiger partial charge < -0.3 is 4.57 Å². The molecule has 3 heterocycles. The van der Waals surface area contributed by atoms with Gasteiger partial charge in [-0.3, -0.25) is 4.67 Å². The fourth-order valence-corrected chi connectivity index (χ4v) is 5.79. The molecular formula is C11H16FN4P. The average molecular weight is 254 g/mol. The molecule has 92 valence electrons. The van der Waals surface area contributed by atoms with Crippen LogP contribution >= 0.6 is 8.07 Å². The maximum absolute atomic E-state index is 14.8. The van der Waals surface area contributed by atoms with Gasteiger partial charge in [0.2, 0.25) is 0 Å². The van der Waals surface area contributed by atoms with E-state index in [4.69, 9.17) is 0 Å². The van der Waals surface area contributed by atoms with Crippen LogP contribution in [0.5, 0.6) is 0 Å². The quantitative estimate of drug-likeness (QED) is 0.752. The summed E-state index contributed by atoms with van der Waals surface area (Å²) in [6, 6.07) is 0. The van der Waals surface area contributed by atoms with E-state index in [0.29, 0.717) is 18.7 Å². The number of nitrogens with zero attached hydrogens (tertiary/aromatic N) is 4. The monoisotopic (exact) mass is 254 g/mol. The van der Waals surface area contributed by atoms with Crippen LogP contribution in [0, 0.1) is 0 Å². The van der Waals surface area contributed by atoms with E-state index in [1.165, 1.54) is 6.42 Å². The molecule has 2 saturated heterocycles. The van der Waals surface area contributed by atoms with Gasteiger partial charge in [0, 0.05) is 44.3 Å². The first-order valence-corrected chi connectivity index (χ1v) is 7.69. The van der Waals surface area contributed by atoms with Gasteiger partial charge in [0.15, 0.2) is 11.5 Å². The second kappa shape index (κ2) is 3.27. The molecule has 3 atom stereocenters. The maximum atomic E-state index is 14.8. The lowest BCUT2D eigenvalue weighted by Crippen LogP contribution is -2.38. The van der Waals surface area contributed by atoms with E-state index in [0.717, 1.165) is 24.4 Å². The number of rotatable bonds is 2. The standard InChI is InChI=1S/C11H16FN4P/c1-15-7-13-14-10(15)11(12)2-4-16(5-3-11)17-8-6-9(8)17/h7-9H,2-6H2,1H3/t8-,9?,17?/m0/s1. The molecule has 6 heteroatoms. The van der Waals surface area contributed by atoms with Crippen molar-refractivity contribution in [3.8, 4) is 0 Å². The van der Waals surface area contributed by atoms with Crippen molar-refractivity contribution < 1.29 is 4.39 Å². The number of hydrogen-bond acceptors (Lipinski definition) is 3. The lowest BCUT2D eigenvalue weighted by atomic mass is 9.93. The summed E-state index contributed by atoms with van der Waals surface area (Å²) in [7, 11) is 2.01.